The number of nitrogens with one attached hydrogen (secondary N) is 1. The zero-order valence-corrected chi connectivity index (χ0v) is 12.5. The molecule has 0 saturated heterocycles. The van der Waals surface area contributed by atoms with Gasteiger partial charge in [0.15, 0.2) is 0 Å². The average molecular weight is 252 g/mol. The molecule has 0 radical (unpaired) electrons. The predicted molar refractivity (Wildman–Crippen MR) is 76.7 cm³/mol. The molecule has 18 heavy (non-hydrogen) atoms. The van der Waals surface area contributed by atoms with Crippen LogP contribution in [0.5, 0.6) is 0 Å². The van der Waals surface area contributed by atoms with Crippen LogP contribution < -0.4 is 5.32 Å². The Balaban J connectivity index is 2.67. The summed E-state index contributed by atoms with van der Waals surface area (Å²) in [6.45, 7) is 14.9. The van der Waals surface area contributed by atoms with E-state index in [0.29, 0.717) is 6.04 Å². The van der Waals surface area contributed by atoms with Gasteiger partial charge in [0, 0.05) is 18.2 Å². The molecule has 0 saturated carbocycles. The second kappa shape index (κ2) is 7.59. The lowest BCUT2D eigenvalue weighted by atomic mass is 10.2. The van der Waals surface area contributed by atoms with E-state index >= 15 is 0 Å². The van der Waals surface area contributed by atoms with E-state index < -0.39 is 0 Å². The Labute approximate surface area is 112 Å². The molecule has 1 heterocycles. The summed E-state index contributed by atoms with van der Waals surface area (Å²) in [4.78, 5) is 2.49. The standard InChI is InChI=1S/C15H28N2O/c1-6-8-17(12(3)4)11-14-9-15(10-16-7-2)18-13(14)5/h9,12,16H,6-8,10-11H2,1-5H3. The van der Waals surface area contributed by atoms with Crippen molar-refractivity contribution in [1.82, 2.24) is 10.2 Å². The molecular formula is C15H28N2O. The Bertz CT molecular complexity index is 344. The van der Waals surface area contributed by atoms with Gasteiger partial charge in [-0.1, -0.05) is 13.8 Å². The van der Waals surface area contributed by atoms with Gasteiger partial charge >= 0.3 is 0 Å². The van der Waals surface area contributed by atoms with Gasteiger partial charge in [0.25, 0.3) is 0 Å². The van der Waals surface area contributed by atoms with E-state index in [1.807, 2.05) is 0 Å². The van der Waals surface area contributed by atoms with Crippen molar-refractivity contribution in [3.05, 3.63) is 23.2 Å². The average Bonchev–Trinajstić information content (AvgIpc) is 2.67. The van der Waals surface area contributed by atoms with Gasteiger partial charge in [-0.2, -0.15) is 0 Å². The van der Waals surface area contributed by atoms with Crippen LogP contribution in [0.15, 0.2) is 10.5 Å². The largest absolute Gasteiger partial charge is 0.465 e. The van der Waals surface area contributed by atoms with Crippen LogP contribution in [0.25, 0.3) is 0 Å². The van der Waals surface area contributed by atoms with Crippen molar-refractivity contribution in [2.24, 2.45) is 0 Å². The lowest BCUT2D eigenvalue weighted by Gasteiger charge is -2.25. The third kappa shape index (κ3) is 4.46. The summed E-state index contributed by atoms with van der Waals surface area (Å²) < 4.78 is 5.79. The van der Waals surface area contributed by atoms with Gasteiger partial charge in [-0.15, -0.1) is 0 Å². The molecule has 0 spiro atoms. The lowest BCUT2D eigenvalue weighted by molar-refractivity contribution is 0.212. The van der Waals surface area contributed by atoms with Crippen LogP contribution in [0.4, 0.5) is 0 Å². The molecule has 0 aliphatic heterocycles. The number of furan rings is 1. The van der Waals surface area contributed by atoms with Crippen LogP contribution in [-0.2, 0) is 13.1 Å². The zero-order valence-electron chi connectivity index (χ0n) is 12.5. The summed E-state index contributed by atoms with van der Waals surface area (Å²) in [6.07, 6.45) is 1.19. The third-order valence-electron chi connectivity index (χ3n) is 3.24. The van der Waals surface area contributed by atoms with Crippen molar-refractivity contribution in [2.45, 2.75) is 60.2 Å². The van der Waals surface area contributed by atoms with E-state index in [0.717, 1.165) is 37.7 Å². The molecule has 1 aromatic heterocycles. The minimum absolute atomic E-state index is 0.580. The maximum absolute atomic E-state index is 5.79. The van der Waals surface area contributed by atoms with Crippen LogP contribution >= 0.6 is 0 Å². The fourth-order valence-electron chi connectivity index (χ4n) is 2.11. The molecule has 0 atom stereocenters. The predicted octanol–water partition coefficient (Wildman–Crippen LogP) is 3.32. The van der Waals surface area contributed by atoms with E-state index in [1.54, 1.807) is 0 Å². The summed E-state index contributed by atoms with van der Waals surface area (Å²) in [5.41, 5.74) is 1.32. The molecule has 1 N–H and O–H groups in total. The first-order valence-electron chi connectivity index (χ1n) is 7.11. The van der Waals surface area contributed by atoms with Crippen LogP contribution in [0.2, 0.25) is 0 Å². The third-order valence-corrected chi connectivity index (χ3v) is 3.24. The van der Waals surface area contributed by atoms with Crippen molar-refractivity contribution >= 4 is 0 Å². The van der Waals surface area contributed by atoms with E-state index in [4.69, 9.17) is 4.42 Å². The first kappa shape index (κ1) is 15.3. The molecule has 3 heteroatoms. The molecule has 0 amide bonds. The molecule has 1 aromatic rings. The lowest BCUT2D eigenvalue weighted by Crippen LogP contribution is -2.31. The first-order chi connectivity index (χ1) is 8.58. The van der Waals surface area contributed by atoms with Crippen LogP contribution in [-0.4, -0.2) is 24.0 Å². The number of hydrogen-bond donors (Lipinski definition) is 1. The minimum atomic E-state index is 0.580. The molecule has 0 aliphatic rings. The number of nitrogens with zero attached hydrogens (tertiary/aromatic N) is 1. The Morgan fingerprint density at radius 2 is 2.06 bits per heavy atom. The van der Waals surface area contributed by atoms with Crippen molar-refractivity contribution in [1.29, 1.82) is 0 Å². The zero-order chi connectivity index (χ0) is 13.5. The molecule has 0 aliphatic carbocycles. The first-order valence-corrected chi connectivity index (χ1v) is 7.11. The molecular weight excluding hydrogens is 224 g/mol. The van der Waals surface area contributed by atoms with Crippen LogP contribution in [0.1, 0.15) is 51.2 Å². The van der Waals surface area contributed by atoms with E-state index in [1.165, 1.54) is 12.0 Å². The Kier molecular flexibility index (Phi) is 6.44. The maximum Gasteiger partial charge on any atom is 0.118 e. The number of aryl methyl sites for hydroxylation is 1. The summed E-state index contributed by atoms with van der Waals surface area (Å²) >= 11 is 0. The summed E-state index contributed by atoms with van der Waals surface area (Å²) in [6, 6.07) is 2.78. The van der Waals surface area contributed by atoms with Gasteiger partial charge in [0.1, 0.15) is 11.5 Å². The normalized spacial score (nSPS) is 11.7. The van der Waals surface area contributed by atoms with Crippen molar-refractivity contribution < 1.29 is 4.42 Å². The van der Waals surface area contributed by atoms with Gasteiger partial charge in [0.05, 0.1) is 6.54 Å². The van der Waals surface area contributed by atoms with Crippen LogP contribution in [0.3, 0.4) is 0 Å². The Morgan fingerprint density at radius 3 is 2.61 bits per heavy atom. The van der Waals surface area contributed by atoms with Crippen LogP contribution in [0, 0.1) is 6.92 Å². The monoisotopic (exact) mass is 252 g/mol. The minimum Gasteiger partial charge on any atom is -0.465 e. The second-order valence-corrected chi connectivity index (χ2v) is 5.14. The van der Waals surface area contributed by atoms with Gasteiger partial charge in [-0.25, -0.2) is 0 Å². The fraction of sp³-hybridized carbons (Fsp3) is 0.733. The van der Waals surface area contributed by atoms with Crippen molar-refractivity contribution in [3.63, 3.8) is 0 Å². The van der Waals surface area contributed by atoms with Gasteiger partial charge in [0.2, 0.25) is 0 Å². The van der Waals surface area contributed by atoms with Crippen molar-refractivity contribution in [3.8, 4) is 0 Å². The topological polar surface area (TPSA) is 28.4 Å². The highest BCUT2D eigenvalue weighted by molar-refractivity contribution is 5.20. The number of rotatable bonds is 8. The molecule has 1 rings (SSSR count). The molecule has 0 fully saturated rings. The number of hydrogen-bond acceptors (Lipinski definition) is 3. The van der Waals surface area contributed by atoms with Crippen molar-refractivity contribution in [2.75, 3.05) is 13.1 Å². The molecule has 0 bridgehead atoms. The van der Waals surface area contributed by atoms with E-state index in [-0.39, 0.29) is 0 Å². The molecule has 0 aromatic carbocycles. The highest BCUT2D eigenvalue weighted by atomic mass is 16.3. The summed E-state index contributed by atoms with van der Waals surface area (Å²) in [5.74, 6) is 2.11. The Morgan fingerprint density at radius 1 is 1.33 bits per heavy atom. The SMILES string of the molecule is CCCN(Cc1cc(CNCC)oc1C)C(C)C. The molecule has 104 valence electrons. The smallest absolute Gasteiger partial charge is 0.118 e. The Hall–Kier alpha value is -0.800. The second-order valence-electron chi connectivity index (χ2n) is 5.14. The summed E-state index contributed by atoms with van der Waals surface area (Å²) in [7, 11) is 0. The van der Waals surface area contributed by atoms with Gasteiger partial charge in [-0.3, -0.25) is 4.90 Å². The molecule has 3 nitrogen and oxygen atoms in total. The van der Waals surface area contributed by atoms with E-state index in [2.05, 4.69) is 50.9 Å². The van der Waals surface area contributed by atoms with Gasteiger partial charge in [-0.05, 0) is 46.3 Å². The van der Waals surface area contributed by atoms with E-state index in [9.17, 15) is 0 Å². The fourth-order valence-corrected chi connectivity index (χ4v) is 2.11. The summed E-state index contributed by atoms with van der Waals surface area (Å²) in [5, 5.41) is 3.30. The highest BCUT2D eigenvalue weighted by Crippen LogP contribution is 2.18. The quantitative estimate of drug-likeness (QED) is 0.769. The molecule has 0 unspecified atom stereocenters. The van der Waals surface area contributed by atoms with Gasteiger partial charge < -0.3 is 9.73 Å². The maximum atomic E-state index is 5.79. The highest BCUT2D eigenvalue weighted by Gasteiger charge is 2.13.